The van der Waals surface area contributed by atoms with Crippen molar-refractivity contribution in [2.45, 2.75) is 82.0 Å². The van der Waals surface area contributed by atoms with Gasteiger partial charge in [-0.3, -0.25) is 24.2 Å². The summed E-state index contributed by atoms with van der Waals surface area (Å²) in [6, 6.07) is -3.69. The minimum atomic E-state index is -1.16. The number of likely N-dealkylation sites (tertiary alicyclic amines) is 2. The molecule has 2 rings (SSSR count). The highest BCUT2D eigenvalue weighted by Gasteiger charge is 2.40. The highest BCUT2D eigenvalue weighted by Crippen LogP contribution is 2.22. The monoisotopic (exact) mass is 553 g/mol. The summed E-state index contributed by atoms with van der Waals surface area (Å²) in [6.07, 6.45) is 3.95. The molecule has 4 amide bonds. The smallest absolute Gasteiger partial charge is 0.326 e. The topological polar surface area (TPSA) is 253 Å². The summed E-state index contributed by atoms with van der Waals surface area (Å²) in [5, 5.41) is 14.9. The average Bonchev–Trinajstić information content (AvgIpc) is 3.59. The van der Waals surface area contributed by atoms with Gasteiger partial charge in [-0.25, -0.2) is 4.79 Å². The third-order valence-corrected chi connectivity index (χ3v) is 7.01. The van der Waals surface area contributed by atoms with Gasteiger partial charge in [0.25, 0.3) is 0 Å². The maximum Gasteiger partial charge on any atom is 0.326 e. The van der Waals surface area contributed by atoms with Crippen LogP contribution in [0.2, 0.25) is 0 Å². The van der Waals surface area contributed by atoms with E-state index in [1.165, 1.54) is 9.80 Å². The van der Waals surface area contributed by atoms with Crippen LogP contribution in [0.3, 0.4) is 0 Å². The third-order valence-electron chi connectivity index (χ3n) is 7.01. The van der Waals surface area contributed by atoms with Crippen LogP contribution in [0.5, 0.6) is 0 Å². The quantitative estimate of drug-likeness (QED) is 0.0621. The molecule has 0 aromatic heterocycles. The molecule has 2 fully saturated rings. The lowest BCUT2D eigenvalue weighted by Gasteiger charge is -2.31. The Kier molecular flexibility index (Phi) is 12.9. The molecule has 15 heteroatoms. The van der Waals surface area contributed by atoms with Gasteiger partial charge in [0.15, 0.2) is 5.96 Å². The van der Waals surface area contributed by atoms with Crippen molar-refractivity contribution in [1.29, 1.82) is 0 Å². The zero-order valence-electron chi connectivity index (χ0n) is 22.3. The van der Waals surface area contributed by atoms with Crippen LogP contribution < -0.4 is 33.6 Å². The molecule has 0 radical (unpaired) electrons. The van der Waals surface area contributed by atoms with Gasteiger partial charge in [-0.15, -0.1) is 0 Å². The number of hydrogen-bond donors (Lipinski definition) is 7. The molecule has 39 heavy (non-hydrogen) atoms. The molecule has 0 aromatic carbocycles. The van der Waals surface area contributed by atoms with Crippen LogP contribution >= 0.6 is 0 Å². The lowest BCUT2D eigenvalue weighted by Crippen LogP contribution is -2.57. The summed E-state index contributed by atoms with van der Waals surface area (Å²) >= 11 is 0. The number of aliphatic imine (C=N–C) groups is 1. The Bertz CT molecular complexity index is 911. The lowest BCUT2D eigenvalue weighted by molar-refractivity contribution is -0.145. The minimum absolute atomic E-state index is 0.0977. The number of rotatable bonds is 15. The number of carbonyl (C=O) groups excluding carboxylic acids is 4. The molecule has 0 spiro atoms. The van der Waals surface area contributed by atoms with E-state index in [1.54, 1.807) is 0 Å². The second-order valence-corrected chi connectivity index (χ2v) is 9.83. The number of carbonyl (C=O) groups is 5. The Morgan fingerprint density at radius 3 is 1.97 bits per heavy atom. The van der Waals surface area contributed by atoms with Crippen molar-refractivity contribution >= 4 is 35.6 Å². The molecule has 2 aliphatic heterocycles. The number of nitrogens with one attached hydrogen (secondary N) is 2. The maximum absolute atomic E-state index is 13.7. The van der Waals surface area contributed by atoms with Crippen LogP contribution in [-0.2, 0) is 24.0 Å². The fourth-order valence-corrected chi connectivity index (χ4v) is 5.01. The van der Waals surface area contributed by atoms with Gasteiger partial charge in [0, 0.05) is 19.6 Å². The summed E-state index contributed by atoms with van der Waals surface area (Å²) in [5.74, 6) is -3.09. The number of nitrogens with zero attached hydrogens (tertiary/aromatic N) is 3. The number of carboxylic acids is 1. The molecule has 2 heterocycles. The Labute approximate surface area is 228 Å². The number of guanidine groups is 1. The van der Waals surface area contributed by atoms with E-state index in [0.717, 1.165) is 0 Å². The van der Waals surface area contributed by atoms with E-state index in [2.05, 4.69) is 15.6 Å². The lowest BCUT2D eigenvalue weighted by atomic mass is 10.1. The fraction of sp³-hybridized carbons (Fsp3) is 0.750. The van der Waals surface area contributed by atoms with E-state index < -0.39 is 47.9 Å². The van der Waals surface area contributed by atoms with Crippen LogP contribution in [0.15, 0.2) is 4.99 Å². The van der Waals surface area contributed by atoms with Crippen LogP contribution in [0.4, 0.5) is 0 Å². The molecule has 4 unspecified atom stereocenters. The van der Waals surface area contributed by atoms with Crippen LogP contribution in [0.1, 0.15) is 57.8 Å². The first kappa shape index (κ1) is 31.8. The fourth-order valence-electron chi connectivity index (χ4n) is 5.01. The first-order valence-corrected chi connectivity index (χ1v) is 13.5. The van der Waals surface area contributed by atoms with Gasteiger partial charge in [-0.2, -0.15) is 0 Å². The van der Waals surface area contributed by atoms with Gasteiger partial charge >= 0.3 is 5.97 Å². The van der Waals surface area contributed by atoms with E-state index in [0.29, 0.717) is 58.0 Å². The molecule has 2 saturated heterocycles. The van der Waals surface area contributed by atoms with Crippen molar-refractivity contribution in [2.24, 2.45) is 27.9 Å². The standard InChI is InChI=1S/C24H43N9O6/c25-10-2-1-6-16(23(38)39)31-21(36)18-9-5-13-33(18)22(37)15(7-3-11-29-24(27)28)30-20(35)17-8-4-12-32(17)19(34)14-26/h15-18H,1-14,25-26H2,(H,30,35)(H,31,36)(H,38,39)(H4,27,28,29). The Balaban J connectivity index is 2.15. The predicted molar refractivity (Wildman–Crippen MR) is 143 cm³/mol. The molecule has 2 aliphatic rings. The van der Waals surface area contributed by atoms with Gasteiger partial charge in [-0.05, 0) is 64.3 Å². The first-order chi connectivity index (χ1) is 18.6. The molecular formula is C24H43N9O6. The highest BCUT2D eigenvalue weighted by atomic mass is 16.4. The number of carboxylic acid groups (broad SMARTS) is 1. The van der Waals surface area contributed by atoms with E-state index in [4.69, 9.17) is 22.9 Å². The van der Waals surface area contributed by atoms with Gasteiger partial charge in [0.2, 0.25) is 23.6 Å². The van der Waals surface area contributed by atoms with Crippen molar-refractivity contribution in [3.8, 4) is 0 Å². The normalized spacial score (nSPS) is 20.3. The summed E-state index contributed by atoms with van der Waals surface area (Å²) in [7, 11) is 0. The SMILES string of the molecule is NCCCCC(NC(=O)C1CCCN1C(=O)C(CCCN=C(N)N)NC(=O)C1CCCN1C(=O)CN)C(=O)O. The van der Waals surface area contributed by atoms with Crippen LogP contribution in [0.25, 0.3) is 0 Å². The van der Waals surface area contributed by atoms with Crippen molar-refractivity contribution in [3.05, 3.63) is 0 Å². The first-order valence-electron chi connectivity index (χ1n) is 13.5. The third kappa shape index (κ3) is 9.35. The Morgan fingerprint density at radius 1 is 0.846 bits per heavy atom. The minimum Gasteiger partial charge on any atom is -0.480 e. The van der Waals surface area contributed by atoms with Crippen molar-refractivity contribution in [3.63, 3.8) is 0 Å². The molecule has 0 aliphatic carbocycles. The van der Waals surface area contributed by atoms with Gasteiger partial charge in [0.1, 0.15) is 24.2 Å². The van der Waals surface area contributed by atoms with Gasteiger partial charge < -0.3 is 48.5 Å². The average molecular weight is 554 g/mol. The van der Waals surface area contributed by atoms with E-state index in [-0.39, 0.29) is 44.3 Å². The summed E-state index contributed by atoms with van der Waals surface area (Å²) in [5.41, 5.74) is 21.7. The second-order valence-electron chi connectivity index (χ2n) is 9.83. The van der Waals surface area contributed by atoms with Crippen LogP contribution in [0, 0.1) is 0 Å². The maximum atomic E-state index is 13.7. The molecule has 0 bridgehead atoms. The van der Waals surface area contributed by atoms with E-state index in [9.17, 15) is 29.1 Å². The molecule has 15 nitrogen and oxygen atoms in total. The zero-order chi connectivity index (χ0) is 28.9. The highest BCUT2D eigenvalue weighted by molar-refractivity contribution is 5.95. The summed E-state index contributed by atoms with van der Waals surface area (Å²) in [6.45, 7) is 1.11. The van der Waals surface area contributed by atoms with Gasteiger partial charge in [0.05, 0.1) is 6.54 Å². The zero-order valence-corrected chi connectivity index (χ0v) is 22.3. The molecule has 0 saturated carbocycles. The van der Waals surface area contributed by atoms with E-state index in [1.807, 2.05) is 0 Å². The molecular weight excluding hydrogens is 510 g/mol. The molecule has 4 atom stereocenters. The van der Waals surface area contributed by atoms with Crippen molar-refractivity contribution < 1.29 is 29.1 Å². The number of aliphatic carboxylic acids is 1. The van der Waals surface area contributed by atoms with E-state index >= 15 is 0 Å². The Hall–Kier alpha value is -3.46. The number of amides is 4. The van der Waals surface area contributed by atoms with Crippen molar-refractivity contribution in [1.82, 2.24) is 20.4 Å². The van der Waals surface area contributed by atoms with Crippen LogP contribution in [-0.4, -0.2) is 107 Å². The number of hydrogen-bond acceptors (Lipinski definition) is 8. The molecule has 220 valence electrons. The second kappa shape index (κ2) is 15.8. The van der Waals surface area contributed by atoms with Gasteiger partial charge in [-0.1, -0.05) is 0 Å². The largest absolute Gasteiger partial charge is 0.480 e. The predicted octanol–water partition coefficient (Wildman–Crippen LogP) is -2.84. The molecule has 11 N–H and O–H groups in total. The number of unbranched alkanes of at least 4 members (excludes halogenated alkanes) is 1. The Morgan fingerprint density at radius 2 is 1.41 bits per heavy atom. The van der Waals surface area contributed by atoms with Crippen molar-refractivity contribution in [2.75, 3.05) is 32.7 Å². The number of nitrogens with two attached hydrogens (primary N) is 4. The summed E-state index contributed by atoms with van der Waals surface area (Å²) < 4.78 is 0. The molecule has 0 aromatic rings. The summed E-state index contributed by atoms with van der Waals surface area (Å²) in [4.78, 5) is 70.5.